The van der Waals surface area contributed by atoms with E-state index in [1.165, 1.54) is 46.6 Å². The molecule has 0 aliphatic heterocycles. The minimum absolute atomic E-state index is 0.101. The van der Waals surface area contributed by atoms with Gasteiger partial charge in [0.25, 0.3) is 0 Å². The fraction of sp³-hybridized carbons (Fsp3) is 0.448. The number of carbonyl (C=O) groups is 4. The first-order chi connectivity index (χ1) is 18.7. The number of aromatic carboxylic acids is 1. The minimum Gasteiger partial charge on any atom is -0.496 e. The number of carbonyl (C=O) groups excluding carboxylic acids is 3. The third-order valence-corrected chi connectivity index (χ3v) is 6.34. The number of ketones is 3. The van der Waals surface area contributed by atoms with E-state index in [4.69, 9.17) is 24.7 Å². The minimum atomic E-state index is -1.21. The number of ether oxygens (including phenoxy) is 4. The second-order valence-electron chi connectivity index (χ2n) is 8.89. The summed E-state index contributed by atoms with van der Waals surface area (Å²) in [5.74, 6) is -0.781. The molecule has 0 heterocycles. The molecule has 0 aromatic heterocycles. The van der Waals surface area contributed by atoms with Crippen LogP contribution in [-0.2, 0) is 0 Å². The normalized spacial score (nSPS) is 10.6. The number of benzene rings is 2. The van der Waals surface area contributed by atoms with Crippen molar-refractivity contribution >= 4 is 23.3 Å². The number of Topliss-reactive ketones (excluding diaryl/α,β-unsaturated/α-hetero) is 3. The molecule has 0 saturated heterocycles. The topological polar surface area (TPSA) is 151 Å². The Hall–Kier alpha value is -3.92. The summed E-state index contributed by atoms with van der Waals surface area (Å²) in [6.45, 7) is 0.499. The number of hydrogen-bond donors (Lipinski definition) is 2. The Kier molecular flexibility index (Phi) is 12.4. The summed E-state index contributed by atoms with van der Waals surface area (Å²) in [4.78, 5) is 50.1. The third kappa shape index (κ3) is 8.28. The van der Waals surface area contributed by atoms with Crippen LogP contribution in [0.3, 0.4) is 0 Å². The van der Waals surface area contributed by atoms with Gasteiger partial charge in [-0.3, -0.25) is 14.4 Å². The van der Waals surface area contributed by atoms with Gasteiger partial charge in [-0.15, -0.1) is 0 Å². The van der Waals surface area contributed by atoms with Crippen LogP contribution in [0.25, 0.3) is 0 Å². The van der Waals surface area contributed by atoms with E-state index in [1.807, 2.05) is 0 Å². The zero-order valence-electron chi connectivity index (χ0n) is 23.0. The maximum Gasteiger partial charge on any atom is 0.339 e. The first-order valence-electron chi connectivity index (χ1n) is 12.8. The molecule has 0 spiro atoms. The fourth-order valence-electron chi connectivity index (χ4n) is 4.20. The van der Waals surface area contributed by atoms with Crippen LogP contribution in [-0.4, -0.2) is 63.4 Å². The van der Waals surface area contributed by atoms with E-state index in [2.05, 4.69) is 0 Å². The van der Waals surface area contributed by atoms with Crippen molar-refractivity contribution in [3.05, 3.63) is 46.5 Å². The smallest absolute Gasteiger partial charge is 0.339 e. The van der Waals surface area contributed by atoms with Crippen LogP contribution in [0.2, 0.25) is 0 Å². The highest BCUT2D eigenvalue weighted by atomic mass is 16.5. The molecule has 10 nitrogen and oxygen atoms in total. The van der Waals surface area contributed by atoms with Gasteiger partial charge in [-0.25, -0.2) is 4.79 Å². The molecule has 10 heteroatoms. The number of carboxylic acid groups (broad SMARTS) is 1. The molecular weight excluding hydrogens is 506 g/mol. The largest absolute Gasteiger partial charge is 0.496 e. The van der Waals surface area contributed by atoms with Crippen LogP contribution < -0.4 is 24.7 Å². The summed E-state index contributed by atoms with van der Waals surface area (Å²) >= 11 is 0. The first kappa shape index (κ1) is 31.3. The molecular formula is C29H37NO9. The van der Waals surface area contributed by atoms with Gasteiger partial charge in [0.1, 0.15) is 28.6 Å². The summed E-state index contributed by atoms with van der Waals surface area (Å²) in [6.07, 6.45) is 3.63. The summed E-state index contributed by atoms with van der Waals surface area (Å²) in [5, 5.41) is 9.42. The van der Waals surface area contributed by atoms with Crippen molar-refractivity contribution in [2.45, 2.75) is 51.4 Å². The molecule has 0 amide bonds. The van der Waals surface area contributed by atoms with Crippen molar-refractivity contribution in [3.63, 3.8) is 0 Å². The van der Waals surface area contributed by atoms with E-state index in [-0.39, 0.29) is 52.8 Å². The van der Waals surface area contributed by atoms with Crippen LogP contribution in [0.15, 0.2) is 24.3 Å². The Labute approximate surface area is 228 Å². The average Bonchev–Trinajstić information content (AvgIpc) is 2.94. The van der Waals surface area contributed by atoms with Gasteiger partial charge in [-0.05, 0) is 44.4 Å². The SMILES string of the molecule is COc1cc(OC)c(C(=O)CCCCCC(=O)c2cc(C(=O)CCCCN)c(OC)cc2OC)cc1C(=O)O. The second kappa shape index (κ2) is 15.5. The average molecular weight is 544 g/mol. The first-order valence-corrected chi connectivity index (χ1v) is 12.8. The number of methoxy groups -OCH3 is 4. The molecule has 3 N–H and O–H groups in total. The molecule has 0 unspecified atom stereocenters. The van der Waals surface area contributed by atoms with Crippen LogP contribution in [0.5, 0.6) is 23.0 Å². The molecule has 2 aromatic rings. The molecule has 0 radical (unpaired) electrons. The summed E-state index contributed by atoms with van der Waals surface area (Å²) in [6, 6.07) is 5.73. The second-order valence-corrected chi connectivity index (χ2v) is 8.89. The molecule has 0 fully saturated rings. The molecule has 0 aliphatic carbocycles. The molecule has 2 aromatic carbocycles. The van der Waals surface area contributed by atoms with E-state index in [1.54, 1.807) is 6.07 Å². The lowest BCUT2D eigenvalue weighted by atomic mass is 9.96. The Morgan fingerprint density at radius 2 is 0.897 bits per heavy atom. The van der Waals surface area contributed by atoms with E-state index in [0.717, 1.165) is 6.42 Å². The lowest BCUT2D eigenvalue weighted by molar-refractivity contribution is 0.0692. The van der Waals surface area contributed by atoms with Crippen LogP contribution >= 0.6 is 0 Å². The summed E-state index contributed by atoms with van der Waals surface area (Å²) < 4.78 is 21.1. The molecule has 0 aliphatic rings. The Morgan fingerprint density at radius 1 is 0.564 bits per heavy atom. The number of unbranched alkanes of at least 4 members (excludes halogenated alkanes) is 3. The van der Waals surface area contributed by atoms with E-state index < -0.39 is 5.97 Å². The van der Waals surface area contributed by atoms with Crippen LogP contribution in [0.1, 0.15) is 92.8 Å². The molecule has 0 bridgehead atoms. The summed E-state index contributed by atoms with van der Waals surface area (Å²) in [7, 11) is 5.64. The number of nitrogens with two attached hydrogens (primary N) is 1. The molecule has 39 heavy (non-hydrogen) atoms. The Balaban J connectivity index is 2.03. The Morgan fingerprint density at radius 3 is 1.23 bits per heavy atom. The van der Waals surface area contributed by atoms with Gasteiger partial charge in [0, 0.05) is 31.4 Å². The highest BCUT2D eigenvalue weighted by Gasteiger charge is 2.22. The van der Waals surface area contributed by atoms with E-state index in [0.29, 0.717) is 61.3 Å². The van der Waals surface area contributed by atoms with Gasteiger partial charge in [-0.1, -0.05) is 6.42 Å². The maximum absolute atomic E-state index is 13.0. The molecule has 212 valence electrons. The highest BCUT2D eigenvalue weighted by molar-refractivity contribution is 6.05. The Bertz CT molecular complexity index is 1190. The van der Waals surface area contributed by atoms with Crippen LogP contribution in [0, 0.1) is 0 Å². The van der Waals surface area contributed by atoms with Gasteiger partial charge < -0.3 is 29.8 Å². The van der Waals surface area contributed by atoms with Crippen molar-refractivity contribution in [2.75, 3.05) is 35.0 Å². The zero-order chi connectivity index (χ0) is 28.9. The zero-order valence-corrected chi connectivity index (χ0v) is 23.0. The standard InChI is InChI=1S/C29H37NO9/c1-36-25-16-26(37-2)19(24(33)12-8-9-13-30)14-18(25)22(31)10-6-5-7-11-23(32)20-15-21(29(34)35)28(39-4)17-27(20)38-3/h14-17H,5-13,30H2,1-4H3,(H,34,35). The van der Waals surface area contributed by atoms with Gasteiger partial charge in [-0.2, -0.15) is 0 Å². The van der Waals surface area contributed by atoms with E-state index in [9.17, 15) is 24.3 Å². The summed E-state index contributed by atoms with van der Waals surface area (Å²) in [5.41, 5.74) is 6.19. The molecule has 0 saturated carbocycles. The lowest BCUT2D eigenvalue weighted by Crippen LogP contribution is -2.09. The quantitative estimate of drug-likeness (QED) is 0.199. The van der Waals surface area contributed by atoms with Gasteiger partial charge >= 0.3 is 5.97 Å². The molecule has 0 atom stereocenters. The monoisotopic (exact) mass is 543 g/mol. The predicted octanol–water partition coefficient (Wildman–Crippen LogP) is 4.75. The van der Waals surface area contributed by atoms with E-state index >= 15 is 0 Å². The van der Waals surface area contributed by atoms with Gasteiger partial charge in [0.15, 0.2) is 17.3 Å². The fourth-order valence-corrected chi connectivity index (χ4v) is 4.20. The maximum atomic E-state index is 13.0. The van der Waals surface area contributed by atoms with Crippen molar-refractivity contribution in [1.29, 1.82) is 0 Å². The van der Waals surface area contributed by atoms with Crippen molar-refractivity contribution < 1.29 is 43.2 Å². The van der Waals surface area contributed by atoms with Crippen molar-refractivity contribution in [2.24, 2.45) is 5.73 Å². The van der Waals surface area contributed by atoms with Crippen molar-refractivity contribution in [3.8, 4) is 23.0 Å². The number of rotatable bonds is 18. The third-order valence-electron chi connectivity index (χ3n) is 6.34. The van der Waals surface area contributed by atoms with Gasteiger partial charge in [0.05, 0.1) is 45.1 Å². The highest BCUT2D eigenvalue weighted by Crippen LogP contribution is 2.32. The van der Waals surface area contributed by atoms with Crippen molar-refractivity contribution in [1.82, 2.24) is 0 Å². The lowest BCUT2D eigenvalue weighted by Gasteiger charge is -2.14. The molecule has 2 rings (SSSR count). The number of carboxylic acids is 1. The van der Waals surface area contributed by atoms with Crippen LogP contribution in [0.4, 0.5) is 0 Å². The van der Waals surface area contributed by atoms with Gasteiger partial charge in [0.2, 0.25) is 0 Å². The predicted molar refractivity (Wildman–Crippen MR) is 145 cm³/mol. The number of hydrogen-bond acceptors (Lipinski definition) is 9.